The van der Waals surface area contributed by atoms with Gasteiger partial charge in [0.1, 0.15) is 11.9 Å². The van der Waals surface area contributed by atoms with Crippen LogP contribution >= 0.6 is 0 Å². The van der Waals surface area contributed by atoms with Gasteiger partial charge in [-0.1, -0.05) is 24.3 Å². The maximum absolute atomic E-state index is 12.2. The molecule has 0 bridgehead atoms. The molecule has 0 aliphatic heterocycles. The van der Waals surface area contributed by atoms with Crippen LogP contribution in [0.5, 0.6) is 0 Å². The Morgan fingerprint density at radius 3 is 2.71 bits per heavy atom. The molecule has 0 saturated heterocycles. The highest BCUT2D eigenvalue weighted by molar-refractivity contribution is 6.03. The fourth-order valence-electron chi connectivity index (χ4n) is 3.45. The van der Waals surface area contributed by atoms with E-state index in [0.717, 1.165) is 22.1 Å². The number of carbonyl (C=O) groups excluding carboxylic acids is 1. The van der Waals surface area contributed by atoms with Crippen molar-refractivity contribution in [2.75, 3.05) is 11.1 Å². The summed E-state index contributed by atoms with van der Waals surface area (Å²) in [5.74, 6) is -0.266. The smallest absolute Gasteiger partial charge is 0.230 e. The molecule has 0 radical (unpaired) electrons. The summed E-state index contributed by atoms with van der Waals surface area (Å²) in [5.41, 5.74) is 9.78. The Labute approximate surface area is 162 Å². The predicted octanol–water partition coefficient (Wildman–Crippen LogP) is 3.76. The van der Waals surface area contributed by atoms with Crippen LogP contribution in [-0.4, -0.2) is 10.9 Å². The van der Waals surface area contributed by atoms with E-state index in [1.54, 1.807) is 12.3 Å². The van der Waals surface area contributed by atoms with Gasteiger partial charge >= 0.3 is 0 Å². The van der Waals surface area contributed by atoms with Gasteiger partial charge in [-0.15, -0.1) is 0 Å². The lowest BCUT2D eigenvalue weighted by molar-refractivity contribution is -0.117. The minimum atomic E-state index is -0.268. The van der Waals surface area contributed by atoms with E-state index in [9.17, 15) is 10.1 Å². The van der Waals surface area contributed by atoms with Crippen molar-refractivity contribution in [3.63, 3.8) is 0 Å². The Bertz CT molecular complexity index is 1200. The summed E-state index contributed by atoms with van der Waals surface area (Å²) >= 11 is 0. The zero-order valence-electron chi connectivity index (χ0n) is 15.2. The fraction of sp³-hybridized carbons (Fsp3) is 0.182. The quantitative estimate of drug-likeness (QED) is 0.684. The molecule has 1 aliphatic rings. The van der Waals surface area contributed by atoms with Gasteiger partial charge < -0.3 is 11.1 Å². The van der Waals surface area contributed by atoms with Crippen LogP contribution in [0.15, 0.2) is 42.6 Å². The van der Waals surface area contributed by atoms with Crippen molar-refractivity contribution in [2.45, 2.75) is 13.3 Å². The van der Waals surface area contributed by atoms with Crippen molar-refractivity contribution in [1.82, 2.24) is 4.98 Å². The molecule has 2 atom stereocenters. The average molecular weight is 367 g/mol. The van der Waals surface area contributed by atoms with Gasteiger partial charge in [-0.05, 0) is 42.0 Å². The zero-order valence-corrected chi connectivity index (χ0v) is 15.2. The Hall–Kier alpha value is -3.90. The van der Waals surface area contributed by atoms with Gasteiger partial charge in [0.15, 0.2) is 0 Å². The summed E-state index contributed by atoms with van der Waals surface area (Å²) in [6, 6.07) is 15.8. The lowest BCUT2D eigenvalue weighted by Gasteiger charge is -2.13. The van der Waals surface area contributed by atoms with Gasteiger partial charge in [-0.25, -0.2) is 4.98 Å². The number of fused-ring (bicyclic) bond motifs is 1. The number of aryl methyl sites for hydroxylation is 1. The number of nitrogens with zero attached hydrogens (tertiary/aromatic N) is 3. The minimum absolute atomic E-state index is 0.195. The molecule has 6 nitrogen and oxygen atoms in total. The summed E-state index contributed by atoms with van der Waals surface area (Å²) in [7, 11) is 0. The third-order valence-corrected chi connectivity index (χ3v) is 5.16. The molecule has 1 aliphatic carbocycles. The largest absolute Gasteiger partial charge is 0.397 e. The van der Waals surface area contributed by atoms with Gasteiger partial charge in [0, 0.05) is 17.1 Å². The second-order valence-corrected chi connectivity index (χ2v) is 7.00. The van der Waals surface area contributed by atoms with Gasteiger partial charge in [-0.3, -0.25) is 4.79 Å². The molecule has 1 heterocycles. The fourth-order valence-corrected chi connectivity index (χ4v) is 3.45. The summed E-state index contributed by atoms with van der Waals surface area (Å²) in [6.45, 7) is 1.98. The number of aromatic nitrogens is 1. The molecule has 4 rings (SSSR count). The van der Waals surface area contributed by atoms with E-state index in [-0.39, 0.29) is 17.7 Å². The molecular formula is C22H17N5O. The van der Waals surface area contributed by atoms with Crippen LogP contribution in [-0.2, 0) is 4.79 Å². The zero-order chi connectivity index (χ0) is 19.8. The van der Waals surface area contributed by atoms with E-state index in [1.165, 1.54) is 0 Å². The van der Waals surface area contributed by atoms with Crippen LogP contribution in [0.1, 0.15) is 17.5 Å². The molecule has 3 N–H and O–H groups in total. The molecule has 3 aromatic rings. The summed E-state index contributed by atoms with van der Waals surface area (Å²) < 4.78 is 0. The molecule has 6 heteroatoms. The number of pyridine rings is 1. The number of benzene rings is 2. The number of nitriles is 2. The molecule has 1 fully saturated rings. The first-order chi connectivity index (χ1) is 13.5. The van der Waals surface area contributed by atoms with Gasteiger partial charge in [0.2, 0.25) is 5.91 Å². The number of amides is 1. The number of hydrogen-bond donors (Lipinski definition) is 2. The van der Waals surface area contributed by atoms with Crippen LogP contribution < -0.4 is 11.1 Å². The van der Waals surface area contributed by atoms with Crippen molar-refractivity contribution in [2.24, 2.45) is 11.8 Å². The van der Waals surface area contributed by atoms with E-state index >= 15 is 0 Å². The van der Waals surface area contributed by atoms with E-state index in [2.05, 4.69) is 22.4 Å². The molecule has 2 aromatic carbocycles. The Balaban J connectivity index is 1.79. The van der Waals surface area contributed by atoms with Crippen LogP contribution in [0, 0.1) is 41.4 Å². The maximum atomic E-state index is 12.2. The summed E-state index contributed by atoms with van der Waals surface area (Å²) in [4.78, 5) is 16.5. The Kier molecular flexibility index (Phi) is 4.18. The van der Waals surface area contributed by atoms with Crippen molar-refractivity contribution >= 4 is 28.2 Å². The average Bonchev–Trinajstić information content (AvgIpc) is 3.48. The third kappa shape index (κ3) is 2.91. The van der Waals surface area contributed by atoms with Crippen molar-refractivity contribution < 1.29 is 4.79 Å². The van der Waals surface area contributed by atoms with Gasteiger partial charge in [0.25, 0.3) is 0 Å². The lowest BCUT2D eigenvalue weighted by atomic mass is 9.92. The number of nitrogen functional groups attached to an aromatic ring is 1. The predicted molar refractivity (Wildman–Crippen MR) is 107 cm³/mol. The molecule has 1 aromatic heterocycles. The second-order valence-electron chi connectivity index (χ2n) is 7.00. The normalized spacial score (nSPS) is 17.5. The lowest BCUT2D eigenvalue weighted by Crippen LogP contribution is -2.15. The number of hydrogen-bond acceptors (Lipinski definition) is 5. The number of nitrogens with two attached hydrogens (primary N) is 1. The van der Waals surface area contributed by atoms with Crippen LogP contribution in [0.4, 0.5) is 11.5 Å². The van der Waals surface area contributed by atoms with Crippen molar-refractivity contribution in [3.05, 3.63) is 53.7 Å². The number of nitrogens with one attached hydrogen (secondary N) is 1. The maximum Gasteiger partial charge on any atom is 0.230 e. The minimum Gasteiger partial charge on any atom is -0.397 e. The van der Waals surface area contributed by atoms with Crippen LogP contribution in [0.3, 0.4) is 0 Å². The number of rotatable bonds is 3. The van der Waals surface area contributed by atoms with Gasteiger partial charge in [-0.2, -0.15) is 10.5 Å². The van der Waals surface area contributed by atoms with Gasteiger partial charge in [0.05, 0.1) is 29.2 Å². The number of carbonyl (C=O) groups is 1. The molecular weight excluding hydrogens is 350 g/mol. The molecule has 136 valence electrons. The third-order valence-electron chi connectivity index (χ3n) is 5.16. The summed E-state index contributed by atoms with van der Waals surface area (Å²) in [6.07, 6.45) is 2.16. The summed E-state index contributed by atoms with van der Waals surface area (Å²) in [5, 5.41) is 22.8. The van der Waals surface area contributed by atoms with Crippen molar-refractivity contribution in [3.8, 4) is 23.3 Å². The highest BCUT2D eigenvalue weighted by atomic mass is 16.2. The Morgan fingerprint density at radius 2 is 2.04 bits per heavy atom. The molecule has 1 amide bonds. The molecule has 28 heavy (non-hydrogen) atoms. The van der Waals surface area contributed by atoms with E-state index in [1.807, 2.05) is 37.3 Å². The van der Waals surface area contributed by atoms with E-state index in [0.29, 0.717) is 28.9 Å². The highest BCUT2D eigenvalue weighted by Gasteiger charge is 2.43. The first kappa shape index (κ1) is 17.5. The van der Waals surface area contributed by atoms with E-state index in [4.69, 9.17) is 11.0 Å². The molecule has 1 saturated carbocycles. The monoisotopic (exact) mass is 367 g/mol. The van der Waals surface area contributed by atoms with Crippen molar-refractivity contribution in [1.29, 1.82) is 10.5 Å². The van der Waals surface area contributed by atoms with E-state index < -0.39 is 0 Å². The first-order valence-electron chi connectivity index (χ1n) is 8.92. The standard InChI is InChI=1S/C22H17N5O/c1-12-4-2-3-5-15(12)17-6-13-8-20(27-22(28)16-7-14(16)9-23)26-11-19(13)21(25)18(17)10-24/h2-6,8,11,14,16H,7,25H2,1H3,(H,26,27,28)/t14-,16+/m1/s1. The Morgan fingerprint density at radius 1 is 1.25 bits per heavy atom. The highest BCUT2D eigenvalue weighted by Crippen LogP contribution is 2.39. The second kappa shape index (κ2) is 6.68. The first-order valence-corrected chi connectivity index (χ1v) is 8.92. The number of anilines is 2. The molecule has 0 unspecified atom stereocenters. The van der Waals surface area contributed by atoms with Crippen LogP contribution in [0.2, 0.25) is 0 Å². The topological polar surface area (TPSA) is 116 Å². The molecule has 0 spiro atoms. The SMILES string of the molecule is Cc1ccccc1-c1cc2cc(NC(=O)[C@H]3C[C@@H]3C#N)ncc2c(N)c1C#N. The van der Waals surface area contributed by atoms with Crippen LogP contribution in [0.25, 0.3) is 21.9 Å².